The summed E-state index contributed by atoms with van der Waals surface area (Å²) in [6.07, 6.45) is 4.20. The molecule has 1 aliphatic carbocycles. The first-order chi connectivity index (χ1) is 8.75. The van der Waals surface area contributed by atoms with Crippen molar-refractivity contribution in [1.82, 2.24) is 4.98 Å². The van der Waals surface area contributed by atoms with E-state index in [9.17, 15) is 9.50 Å². The minimum Gasteiger partial charge on any atom is -0.384 e. The van der Waals surface area contributed by atoms with Gasteiger partial charge in [0.05, 0.1) is 6.20 Å². The Hall–Kier alpha value is -1.74. The van der Waals surface area contributed by atoms with Crippen LogP contribution >= 0.6 is 0 Å². The monoisotopic (exact) mass is 243 g/mol. The Morgan fingerprint density at radius 1 is 1.22 bits per heavy atom. The number of hydrogen-bond donors (Lipinski definition) is 1. The van der Waals surface area contributed by atoms with Crippen molar-refractivity contribution in [1.29, 1.82) is 0 Å². The molecule has 1 aromatic heterocycles. The van der Waals surface area contributed by atoms with Crippen LogP contribution in [0.4, 0.5) is 4.39 Å². The molecule has 0 bridgehead atoms. The lowest BCUT2D eigenvalue weighted by Gasteiger charge is -2.15. The smallest absolute Gasteiger partial charge is 0.141 e. The van der Waals surface area contributed by atoms with Crippen LogP contribution in [0.5, 0.6) is 0 Å². The Morgan fingerprint density at radius 3 is 2.72 bits per heavy atom. The van der Waals surface area contributed by atoms with E-state index in [4.69, 9.17) is 0 Å². The molecule has 3 heteroatoms. The highest BCUT2D eigenvalue weighted by molar-refractivity contribution is 5.39. The highest BCUT2D eigenvalue weighted by atomic mass is 19.1. The van der Waals surface area contributed by atoms with Crippen molar-refractivity contribution in [2.45, 2.75) is 24.9 Å². The van der Waals surface area contributed by atoms with Gasteiger partial charge in [0.1, 0.15) is 11.9 Å². The average molecular weight is 243 g/mol. The third-order valence-electron chi connectivity index (χ3n) is 3.35. The summed E-state index contributed by atoms with van der Waals surface area (Å²) >= 11 is 0. The van der Waals surface area contributed by atoms with Crippen molar-refractivity contribution in [3.05, 3.63) is 65.2 Å². The Kier molecular flexibility index (Phi) is 2.84. The molecule has 3 rings (SSSR count). The predicted octanol–water partition coefficient (Wildman–Crippen LogP) is 3.18. The van der Waals surface area contributed by atoms with Crippen LogP contribution in [0.1, 0.15) is 41.6 Å². The second-order valence-electron chi connectivity index (χ2n) is 4.74. The largest absolute Gasteiger partial charge is 0.384 e. The first-order valence-electron chi connectivity index (χ1n) is 6.13. The van der Waals surface area contributed by atoms with Gasteiger partial charge in [0.15, 0.2) is 0 Å². The number of nitrogens with zero attached hydrogens (tertiary/aromatic N) is 1. The Bertz CT molecular complexity index is 566. The molecule has 1 saturated carbocycles. The molecule has 92 valence electrons. The summed E-state index contributed by atoms with van der Waals surface area (Å²) in [5.41, 5.74) is 2.55. The minimum atomic E-state index is -0.801. The summed E-state index contributed by atoms with van der Waals surface area (Å²) in [4.78, 5) is 3.79. The zero-order valence-electron chi connectivity index (χ0n) is 9.88. The first kappa shape index (κ1) is 11.4. The van der Waals surface area contributed by atoms with Gasteiger partial charge in [-0.1, -0.05) is 24.3 Å². The fourth-order valence-electron chi connectivity index (χ4n) is 2.28. The number of aliphatic hydroxyl groups excluding tert-OH is 1. The molecule has 1 fully saturated rings. The van der Waals surface area contributed by atoms with Gasteiger partial charge in [-0.15, -0.1) is 0 Å². The molecule has 18 heavy (non-hydrogen) atoms. The lowest BCUT2D eigenvalue weighted by Crippen LogP contribution is -2.04. The number of pyridine rings is 1. The summed E-state index contributed by atoms with van der Waals surface area (Å²) in [5.74, 6) is 0.132. The van der Waals surface area contributed by atoms with Crippen molar-refractivity contribution in [2.24, 2.45) is 0 Å². The van der Waals surface area contributed by atoms with Crippen LogP contribution in [0.15, 0.2) is 42.7 Å². The highest BCUT2D eigenvalue weighted by Crippen LogP contribution is 2.43. The minimum absolute atomic E-state index is 0.421. The normalized spacial score (nSPS) is 16.6. The molecule has 1 heterocycles. The number of hydrogen-bond acceptors (Lipinski definition) is 2. The summed E-state index contributed by atoms with van der Waals surface area (Å²) in [7, 11) is 0. The van der Waals surface area contributed by atoms with E-state index in [0.717, 1.165) is 11.8 Å². The van der Waals surface area contributed by atoms with Gasteiger partial charge >= 0.3 is 0 Å². The molecule has 1 atom stereocenters. The number of rotatable bonds is 3. The van der Waals surface area contributed by atoms with E-state index in [2.05, 4.69) is 4.98 Å². The number of halogens is 1. The summed E-state index contributed by atoms with van der Waals surface area (Å²) in [5, 5.41) is 10.4. The molecular formula is C15H14FNO. The van der Waals surface area contributed by atoms with E-state index in [0.29, 0.717) is 11.5 Å². The lowest BCUT2D eigenvalue weighted by atomic mass is 9.95. The van der Waals surface area contributed by atoms with Crippen LogP contribution in [-0.2, 0) is 0 Å². The van der Waals surface area contributed by atoms with Gasteiger partial charge in [0, 0.05) is 11.8 Å². The molecule has 0 amide bonds. The van der Waals surface area contributed by atoms with E-state index >= 15 is 0 Å². The Labute approximate surface area is 105 Å². The van der Waals surface area contributed by atoms with E-state index in [1.807, 2.05) is 24.3 Å². The van der Waals surface area contributed by atoms with Gasteiger partial charge in [0.25, 0.3) is 0 Å². The third-order valence-corrected chi connectivity index (χ3v) is 3.35. The van der Waals surface area contributed by atoms with E-state index in [-0.39, 0.29) is 0 Å². The van der Waals surface area contributed by atoms with E-state index in [1.54, 1.807) is 0 Å². The zero-order valence-corrected chi connectivity index (χ0v) is 9.88. The van der Waals surface area contributed by atoms with Crippen LogP contribution in [0.2, 0.25) is 0 Å². The van der Waals surface area contributed by atoms with Crippen LogP contribution in [0, 0.1) is 5.82 Å². The van der Waals surface area contributed by atoms with Crippen molar-refractivity contribution in [3.63, 3.8) is 0 Å². The van der Waals surface area contributed by atoms with Crippen LogP contribution in [0.25, 0.3) is 0 Å². The molecule has 2 aromatic rings. The van der Waals surface area contributed by atoms with Gasteiger partial charge < -0.3 is 5.11 Å². The number of aromatic nitrogens is 1. The van der Waals surface area contributed by atoms with Gasteiger partial charge in [0.2, 0.25) is 0 Å². The molecule has 1 unspecified atom stereocenters. The maximum Gasteiger partial charge on any atom is 0.141 e. The van der Waals surface area contributed by atoms with Crippen LogP contribution in [0.3, 0.4) is 0 Å². The summed E-state index contributed by atoms with van der Waals surface area (Å²) < 4.78 is 13.1. The molecule has 1 aliphatic rings. The number of aliphatic hydroxyl groups is 1. The fraction of sp³-hybridized carbons (Fsp3) is 0.267. The van der Waals surface area contributed by atoms with E-state index < -0.39 is 11.9 Å². The second-order valence-corrected chi connectivity index (χ2v) is 4.74. The highest BCUT2D eigenvalue weighted by Gasteiger charge is 2.28. The standard InChI is InChI=1S/C15H14FNO/c16-12-7-11(8-17-9-12)15(18)14-4-2-1-3-13(14)10-5-6-10/h1-4,7-10,15,18H,5-6H2. The van der Waals surface area contributed by atoms with Crippen molar-refractivity contribution < 1.29 is 9.50 Å². The quantitative estimate of drug-likeness (QED) is 0.898. The maximum atomic E-state index is 13.1. The Morgan fingerprint density at radius 2 is 2.00 bits per heavy atom. The van der Waals surface area contributed by atoms with Crippen LogP contribution < -0.4 is 0 Å². The molecular weight excluding hydrogens is 229 g/mol. The lowest BCUT2D eigenvalue weighted by molar-refractivity contribution is 0.218. The fourth-order valence-corrected chi connectivity index (χ4v) is 2.28. The predicted molar refractivity (Wildman–Crippen MR) is 66.7 cm³/mol. The molecule has 0 radical (unpaired) electrons. The van der Waals surface area contributed by atoms with E-state index in [1.165, 1.54) is 30.7 Å². The van der Waals surface area contributed by atoms with Gasteiger partial charge in [-0.25, -0.2) is 4.39 Å². The third kappa shape index (κ3) is 2.14. The molecule has 0 saturated heterocycles. The van der Waals surface area contributed by atoms with Crippen LogP contribution in [-0.4, -0.2) is 10.1 Å². The topological polar surface area (TPSA) is 33.1 Å². The molecule has 0 aliphatic heterocycles. The number of benzene rings is 1. The van der Waals surface area contributed by atoms with Gasteiger partial charge in [-0.05, 0) is 36.0 Å². The Balaban J connectivity index is 1.99. The maximum absolute atomic E-state index is 13.1. The average Bonchev–Trinajstić information content (AvgIpc) is 3.22. The van der Waals surface area contributed by atoms with Crippen molar-refractivity contribution >= 4 is 0 Å². The molecule has 1 aromatic carbocycles. The van der Waals surface area contributed by atoms with Crippen molar-refractivity contribution in [2.75, 3.05) is 0 Å². The molecule has 1 N–H and O–H groups in total. The second kappa shape index (κ2) is 4.50. The zero-order chi connectivity index (χ0) is 12.5. The summed E-state index contributed by atoms with van der Waals surface area (Å²) in [6, 6.07) is 9.17. The van der Waals surface area contributed by atoms with Crippen molar-refractivity contribution in [3.8, 4) is 0 Å². The first-order valence-corrected chi connectivity index (χ1v) is 6.13. The summed E-state index contributed by atoms with van der Waals surface area (Å²) in [6.45, 7) is 0. The SMILES string of the molecule is OC(c1cncc(F)c1)c1ccccc1C1CC1. The molecule has 2 nitrogen and oxygen atoms in total. The molecule has 0 spiro atoms. The van der Waals surface area contributed by atoms with Gasteiger partial charge in [-0.3, -0.25) is 4.98 Å². The van der Waals surface area contributed by atoms with Gasteiger partial charge in [-0.2, -0.15) is 0 Å².